The molecule has 8 heteroatoms. The topological polar surface area (TPSA) is 77.2 Å². The summed E-state index contributed by atoms with van der Waals surface area (Å²) in [4.78, 5) is 14.4. The molecule has 1 saturated heterocycles. The minimum Gasteiger partial charge on any atom is -0.410 e. The van der Waals surface area contributed by atoms with Crippen molar-refractivity contribution < 1.29 is 13.9 Å². The molecule has 1 fully saturated rings. The number of carbonyl (C=O) groups is 1. The Labute approximate surface area is 161 Å². The van der Waals surface area contributed by atoms with E-state index in [1.165, 1.54) is 28.6 Å². The number of nitrogens with zero attached hydrogens (tertiary/aromatic N) is 2. The van der Waals surface area contributed by atoms with E-state index in [0.717, 1.165) is 43.1 Å². The van der Waals surface area contributed by atoms with Gasteiger partial charge in [0, 0.05) is 18.0 Å². The second-order valence-corrected chi connectivity index (χ2v) is 9.07. The number of ether oxygens (including phenoxy) is 1. The summed E-state index contributed by atoms with van der Waals surface area (Å²) in [5.41, 5.74) is 1.42. The second kappa shape index (κ2) is 8.10. The highest BCUT2D eigenvalue weighted by Crippen LogP contribution is 2.37. The van der Waals surface area contributed by atoms with Gasteiger partial charge in [0.15, 0.2) is 0 Å². The van der Waals surface area contributed by atoms with E-state index in [1.807, 2.05) is 0 Å². The fourth-order valence-corrected chi connectivity index (χ4v) is 5.11. The van der Waals surface area contributed by atoms with Crippen molar-refractivity contribution in [3.63, 3.8) is 0 Å². The second-order valence-electron chi connectivity index (χ2n) is 7.01. The van der Waals surface area contributed by atoms with Gasteiger partial charge < -0.3 is 14.5 Å². The first-order chi connectivity index (χ1) is 12.7. The lowest BCUT2D eigenvalue weighted by atomic mass is 9.90. The van der Waals surface area contributed by atoms with Gasteiger partial charge in [0.05, 0.1) is 16.7 Å². The number of thioether (sulfide) groups is 1. The molecule has 2 aromatic rings. The fraction of sp³-hybridized carbons (Fsp3) is 0.611. The molecule has 2 aliphatic rings. The van der Waals surface area contributed by atoms with Crippen LogP contribution in [0.2, 0.25) is 0 Å². The van der Waals surface area contributed by atoms with Gasteiger partial charge in [0.2, 0.25) is 5.91 Å². The van der Waals surface area contributed by atoms with Crippen molar-refractivity contribution in [3.8, 4) is 10.8 Å². The molecule has 0 unspecified atom stereocenters. The van der Waals surface area contributed by atoms with Crippen molar-refractivity contribution in [3.05, 3.63) is 16.5 Å². The van der Waals surface area contributed by atoms with E-state index in [1.54, 1.807) is 11.3 Å². The molecule has 1 N–H and O–H groups in total. The van der Waals surface area contributed by atoms with Crippen LogP contribution in [0.5, 0.6) is 0 Å². The molecule has 1 amide bonds. The summed E-state index contributed by atoms with van der Waals surface area (Å²) in [6.07, 6.45) is 5.77. The minimum absolute atomic E-state index is 0.0363. The summed E-state index contributed by atoms with van der Waals surface area (Å²) >= 11 is 3.02. The average Bonchev–Trinajstić information content (AvgIpc) is 3.36. The molecule has 1 aliphatic heterocycles. The number of rotatable bonds is 6. The molecule has 140 valence electrons. The molecular formula is C18H23N3O3S2. The van der Waals surface area contributed by atoms with Gasteiger partial charge in [-0.15, -0.1) is 21.5 Å². The lowest BCUT2D eigenvalue weighted by Gasteiger charge is -2.16. The van der Waals surface area contributed by atoms with Crippen LogP contribution in [-0.2, 0) is 22.4 Å². The number of carbonyl (C=O) groups excluding carboxylic acids is 1. The van der Waals surface area contributed by atoms with E-state index in [2.05, 4.69) is 28.5 Å². The summed E-state index contributed by atoms with van der Waals surface area (Å²) in [5.74, 6) is 1.53. The Kier molecular flexibility index (Phi) is 5.61. The largest absolute Gasteiger partial charge is 0.410 e. The van der Waals surface area contributed by atoms with Gasteiger partial charge in [-0.3, -0.25) is 4.79 Å². The Morgan fingerprint density at radius 1 is 1.42 bits per heavy atom. The summed E-state index contributed by atoms with van der Waals surface area (Å²) < 4.78 is 11.2. The van der Waals surface area contributed by atoms with Gasteiger partial charge in [-0.1, -0.05) is 18.7 Å². The highest BCUT2D eigenvalue weighted by atomic mass is 32.2. The lowest BCUT2D eigenvalue weighted by molar-refractivity contribution is -0.119. The molecule has 2 atom stereocenters. The summed E-state index contributed by atoms with van der Waals surface area (Å²) in [6.45, 7) is 3.67. The number of hydrogen-bond acceptors (Lipinski definition) is 7. The van der Waals surface area contributed by atoms with Gasteiger partial charge in [0.25, 0.3) is 11.1 Å². The maximum Gasteiger partial charge on any atom is 0.277 e. The van der Waals surface area contributed by atoms with Crippen molar-refractivity contribution in [1.29, 1.82) is 0 Å². The van der Waals surface area contributed by atoms with Crippen LogP contribution in [0, 0.1) is 5.92 Å². The monoisotopic (exact) mass is 393 g/mol. The Bertz CT molecular complexity index is 768. The zero-order chi connectivity index (χ0) is 17.9. The predicted octanol–water partition coefficient (Wildman–Crippen LogP) is 3.31. The van der Waals surface area contributed by atoms with E-state index < -0.39 is 0 Å². The van der Waals surface area contributed by atoms with Crippen molar-refractivity contribution in [2.75, 3.05) is 18.9 Å². The highest BCUT2D eigenvalue weighted by Gasteiger charge is 2.21. The summed E-state index contributed by atoms with van der Waals surface area (Å²) in [5, 5.41) is 11.6. The molecule has 2 aromatic heterocycles. The molecule has 3 heterocycles. The van der Waals surface area contributed by atoms with Crippen LogP contribution in [0.15, 0.2) is 15.7 Å². The molecule has 0 saturated carbocycles. The van der Waals surface area contributed by atoms with E-state index in [4.69, 9.17) is 9.15 Å². The van der Waals surface area contributed by atoms with Crippen molar-refractivity contribution in [1.82, 2.24) is 15.5 Å². The van der Waals surface area contributed by atoms with Crippen molar-refractivity contribution >= 4 is 29.0 Å². The quantitative estimate of drug-likeness (QED) is 0.759. The molecule has 1 aliphatic carbocycles. The fourth-order valence-electron chi connectivity index (χ4n) is 3.39. The maximum atomic E-state index is 11.9. The van der Waals surface area contributed by atoms with Crippen LogP contribution in [0.1, 0.15) is 36.6 Å². The van der Waals surface area contributed by atoms with E-state index in [-0.39, 0.29) is 17.8 Å². The molecule has 0 bridgehead atoms. The number of hydrogen-bond donors (Lipinski definition) is 1. The molecule has 0 aromatic carbocycles. The molecule has 6 nitrogen and oxygen atoms in total. The zero-order valence-electron chi connectivity index (χ0n) is 14.8. The van der Waals surface area contributed by atoms with Crippen molar-refractivity contribution in [2.45, 2.75) is 50.4 Å². The number of fused-ring (bicyclic) bond motifs is 1. The molecule has 0 spiro atoms. The van der Waals surface area contributed by atoms with Crippen LogP contribution in [-0.4, -0.2) is 41.1 Å². The Morgan fingerprint density at radius 3 is 3.19 bits per heavy atom. The van der Waals surface area contributed by atoms with Gasteiger partial charge in [-0.2, -0.15) is 0 Å². The third-order valence-corrected chi connectivity index (χ3v) is 6.87. The third kappa shape index (κ3) is 4.29. The number of amides is 1. The molecule has 26 heavy (non-hydrogen) atoms. The van der Waals surface area contributed by atoms with Crippen LogP contribution in [0.25, 0.3) is 10.8 Å². The number of aromatic nitrogens is 2. The Morgan fingerprint density at radius 2 is 2.35 bits per heavy atom. The van der Waals surface area contributed by atoms with Crippen LogP contribution in [0.4, 0.5) is 0 Å². The van der Waals surface area contributed by atoms with Crippen molar-refractivity contribution in [2.24, 2.45) is 5.92 Å². The normalized spacial score (nSPS) is 22.3. The number of aryl methyl sites for hydroxylation is 1. The third-order valence-electron chi connectivity index (χ3n) is 4.82. The first kappa shape index (κ1) is 18.0. The van der Waals surface area contributed by atoms with Crippen LogP contribution < -0.4 is 5.32 Å². The van der Waals surface area contributed by atoms with E-state index >= 15 is 0 Å². The first-order valence-corrected chi connectivity index (χ1v) is 10.9. The van der Waals surface area contributed by atoms with Gasteiger partial charge in [0.1, 0.15) is 0 Å². The molecule has 4 rings (SSSR count). The van der Waals surface area contributed by atoms with E-state index in [0.29, 0.717) is 17.7 Å². The SMILES string of the molecule is C[C@@H]1CCc2sc(-c3nnc(SCC(=O)NC[C@@H]4CCCO4)o3)cc2C1. The number of thiophene rings is 1. The lowest BCUT2D eigenvalue weighted by Crippen LogP contribution is -2.32. The predicted molar refractivity (Wildman–Crippen MR) is 102 cm³/mol. The standard InChI is InChI=1S/C18H23N3O3S2/c1-11-4-5-14-12(7-11)8-15(26-14)17-20-21-18(24-17)25-10-16(22)19-9-13-3-2-6-23-13/h8,11,13H,2-7,9-10H2,1H3,(H,19,22)/t11-,13+/m1/s1. The zero-order valence-corrected chi connectivity index (χ0v) is 16.5. The highest BCUT2D eigenvalue weighted by molar-refractivity contribution is 7.99. The molecule has 0 radical (unpaired) electrons. The summed E-state index contributed by atoms with van der Waals surface area (Å²) in [7, 11) is 0. The van der Waals surface area contributed by atoms with Crippen LogP contribution in [0.3, 0.4) is 0 Å². The van der Waals surface area contributed by atoms with Crippen LogP contribution >= 0.6 is 23.1 Å². The van der Waals surface area contributed by atoms with Gasteiger partial charge in [-0.05, 0) is 49.7 Å². The minimum atomic E-state index is -0.0363. The first-order valence-electron chi connectivity index (χ1n) is 9.14. The van der Waals surface area contributed by atoms with Gasteiger partial charge in [-0.25, -0.2) is 0 Å². The Balaban J connectivity index is 1.30. The maximum absolute atomic E-state index is 11.9. The molecular weight excluding hydrogens is 370 g/mol. The average molecular weight is 394 g/mol. The number of nitrogens with one attached hydrogen (secondary N) is 1. The summed E-state index contributed by atoms with van der Waals surface area (Å²) in [6, 6.07) is 2.19. The smallest absolute Gasteiger partial charge is 0.277 e. The van der Waals surface area contributed by atoms with E-state index in [9.17, 15) is 4.79 Å². The van der Waals surface area contributed by atoms with Gasteiger partial charge >= 0.3 is 0 Å². The Hall–Kier alpha value is -1.38.